The number of benzene rings is 1. The van der Waals surface area contributed by atoms with Gasteiger partial charge in [0.25, 0.3) is 0 Å². The molecule has 0 aliphatic rings. The highest BCUT2D eigenvalue weighted by Gasteiger charge is 2.27. The Balaban J connectivity index is 2.83. The summed E-state index contributed by atoms with van der Waals surface area (Å²) in [6, 6.07) is 0. The van der Waals surface area contributed by atoms with Crippen molar-refractivity contribution in [2.75, 3.05) is 0 Å². The molecule has 0 atom stereocenters. The van der Waals surface area contributed by atoms with Gasteiger partial charge in [0.05, 0.1) is 27.4 Å². The van der Waals surface area contributed by atoms with Gasteiger partial charge in [-0.25, -0.2) is 4.98 Å². The number of halogens is 2. The molecule has 1 aromatic carbocycles. The zero-order valence-electron chi connectivity index (χ0n) is 12.1. The average molecular weight is 299 g/mol. The fraction of sp³-hybridized carbons (Fsp3) is 0.533. The first-order chi connectivity index (χ1) is 8.73. The van der Waals surface area contributed by atoms with Crippen LogP contribution in [0.15, 0.2) is 6.33 Å². The Kier molecular flexibility index (Phi) is 3.85. The van der Waals surface area contributed by atoms with Crippen molar-refractivity contribution in [3.63, 3.8) is 0 Å². The van der Waals surface area contributed by atoms with Gasteiger partial charge in [0.15, 0.2) is 0 Å². The maximum atomic E-state index is 6.64. The van der Waals surface area contributed by atoms with Gasteiger partial charge in [-0.2, -0.15) is 0 Å². The van der Waals surface area contributed by atoms with Crippen LogP contribution in [-0.4, -0.2) is 9.97 Å². The molecular weight excluding hydrogens is 279 g/mol. The maximum absolute atomic E-state index is 6.64. The van der Waals surface area contributed by atoms with Gasteiger partial charge in [-0.1, -0.05) is 57.8 Å². The van der Waals surface area contributed by atoms with Crippen molar-refractivity contribution >= 4 is 34.2 Å². The number of aromatic amines is 1. The summed E-state index contributed by atoms with van der Waals surface area (Å²) in [4.78, 5) is 7.53. The molecule has 19 heavy (non-hydrogen) atoms. The van der Waals surface area contributed by atoms with E-state index in [4.69, 9.17) is 23.2 Å². The molecule has 0 saturated heterocycles. The topological polar surface area (TPSA) is 28.7 Å². The number of hydrogen-bond donors (Lipinski definition) is 1. The second-order valence-corrected chi connectivity index (χ2v) is 7.21. The van der Waals surface area contributed by atoms with Crippen molar-refractivity contribution in [3.05, 3.63) is 27.5 Å². The number of nitrogens with zero attached hydrogens (tertiary/aromatic N) is 1. The lowest BCUT2D eigenvalue weighted by atomic mass is 9.84. The molecular formula is C15H20Cl2N2. The van der Waals surface area contributed by atoms with E-state index in [1.807, 2.05) is 0 Å². The minimum atomic E-state index is -0.0980. The molecule has 0 aliphatic carbocycles. The number of rotatable bonds is 2. The predicted molar refractivity (Wildman–Crippen MR) is 83.4 cm³/mol. The fourth-order valence-corrected chi connectivity index (χ4v) is 3.53. The lowest BCUT2D eigenvalue weighted by molar-refractivity contribution is 0.588. The van der Waals surface area contributed by atoms with Crippen LogP contribution in [0.4, 0.5) is 0 Å². The second-order valence-electron chi connectivity index (χ2n) is 6.46. The Morgan fingerprint density at radius 2 is 1.84 bits per heavy atom. The molecule has 0 saturated carbocycles. The number of H-pyrrole nitrogens is 1. The molecule has 4 heteroatoms. The normalized spacial score (nSPS) is 12.6. The quantitative estimate of drug-likeness (QED) is 0.794. The highest BCUT2D eigenvalue weighted by molar-refractivity contribution is 6.40. The summed E-state index contributed by atoms with van der Waals surface area (Å²) < 4.78 is 0. The Bertz CT molecular complexity index is 607. The van der Waals surface area contributed by atoms with Crippen molar-refractivity contribution in [2.24, 2.45) is 5.92 Å². The van der Waals surface area contributed by atoms with Crippen LogP contribution in [-0.2, 0) is 11.8 Å². The summed E-state index contributed by atoms with van der Waals surface area (Å²) in [6.45, 7) is 10.7. The predicted octanol–water partition coefficient (Wildman–Crippen LogP) is 5.37. The van der Waals surface area contributed by atoms with Gasteiger partial charge in [-0.15, -0.1) is 0 Å². The van der Waals surface area contributed by atoms with Gasteiger partial charge in [-0.3, -0.25) is 0 Å². The van der Waals surface area contributed by atoms with Gasteiger partial charge >= 0.3 is 0 Å². The van der Waals surface area contributed by atoms with Gasteiger partial charge in [0.1, 0.15) is 0 Å². The highest BCUT2D eigenvalue weighted by Crippen LogP contribution is 2.42. The van der Waals surface area contributed by atoms with E-state index < -0.39 is 0 Å². The molecule has 2 aromatic rings. The van der Waals surface area contributed by atoms with Crippen LogP contribution in [0.5, 0.6) is 0 Å². The van der Waals surface area contributed by atoms with Gasteiger partial charge in [0, 0.05) is 0 Å². The van der Waals surface area contributed by atoms with Crippen LogP contribution in [0.25, 0.3) is 11.0 Å². The summed E-state index contributed by atoms with van der Waals surface area (Å²) in [5.41, 5.74) is 3.80. The third kappa shape index (κ3) is 2.61. The second kappa shape index (κ2) is 4.99. The van der Waals surface area contributed by atoms with Crippen LogP contribution < -0.4 is 0 Å². The molecule has 0 amide bonds. The minimum absolute atomic E-state index is 0.0980. The standard InChI is InChI=1S/C15H20Cl2N2/c1-8(2)6-9-11(16)10(15(3,4)5)12(17)14-13(9)18-7-19-14/h7-8H,6H2,1-5H3,(H,18,19). The van der Waals surface area contributed by atoms with Crippen molar-refractivity contribution in [1.29, 1.82) is 0 Å². The molecule has 0 spiro atoms. The van der Waals surface area contributed by atoms with Crippen LogP contribution in [0.3, 0.4) is 0 Å². The molecule has 1 aromatic heterocycles. The first kappa shape index (κ1) is 14.7. The number of fused-ring (bicyclic) bond motifs is 1. The molecule has 1 N–H and O–H groups in total. The zero-order chi connectivity index (χ0) is 14.4. The van der Waals surface area contributed by atoms with E-state index in [1.54, 1.807) is 6.33 Å². The van der Waals surface area contributed by atoms with Crippen LogP contribution in [0, 0.1) is 5.92 Å². The van der Waals surface area contributed by atoms with Gasteiger partial charge in [-0.05, 0) is 28.9 Å². The van der Waals surface area contributed by atoms with Crippen LogP contribution in [0.1, 0.15) is 45.7 Å². The van der Waals surface area contributed by atoms with Crippen molar-refractivity contribution in [2.45, 2.75) is 46.5 Å². The first-order valence-electron chi connectivity index (χ1n) is 6.56. The lowest BCUT2D eigenvalue weighted by Crippen LogP contribution is -2.14. The Morgan fingerprint density at radius 3 is 2.37 bits per heavy atom. The smallest absolute Gasteiger partial charge is 0.0945 e. The summed E-state index contributed by atoms with van der Waals surface area (Å²) in [7, 11) is 0. The highest BCUT2D eigenvalue weighted by atomic mass is 35.5. The Morgan fingerprint density at radius 1 is 1.21 bits per heavy atom. The molecule has 0 unspecified atom stereocenters. The SMILES string of the molecule is CC(C)Cc1c(Cl)c(C(C)(C)C)c(Cl)c2[nH]cnc12. The third-order valence-electron chi connectivity index (χ3n) is 3.21. The number of nitrogens with one attached hydrogen (secondary N) is 1. The lowest BCUT2D eigenvalue weighted by Gasteiger charge is -2.24. The molecule has 0 aliphatic heterocycles. The van der Waals surface area contributed by atoms with E-state index >= 15 is 0 Å². The fourth-order valence-electron chi connectivity index (χ4n) is 2.42. The molecule has 1 heterocycles. The molecule has 0 radical (unpaired) electrons. The van der Waals surface area contributed by atoms with E-state index in [1.165, 1.54) is 0 Å². The largest absolute Gasteiger partial charge is 0.343 e. The number of hydrogen-bond acceptors (Lipinski definition) is 1. The molecule has 2 rings (SSSR count). The van der Waals surface area contributed by atoms with Crippen molar-refractivity contribution in [3.8, 4) is 0 Å². The Labute approximate surface area is 124 Å². The average Bonchev–Trinajstić information content (AvgIpc) is 2.70. The molecule has 0 fully saturated rings. The molecule has 2 nitrogen and oxygen atoms in total. The van der Waals surface area contributed by atoms with E-state index in [2.05, 4.69) is 44.6 Å². The molecule has 0 bridgehead atoms. The van der Waals surface area contributed by atoms with Gasteiger partial charge < -0.3 is 4.98 Å². The number of imidazole rings is 1. The third-order valence-corrected chi connectivity index (χ3v) is 4.01. The number of aromatic nitrogens is 2. The first-order valence-corrected chi connectivity index (χ1v) is 7.32. The Hall–Kier alpha value is -0.730. The van der Waals surface area contributed by atoms with E-state index in [0.29, 0.717) is 10.9 Å². The van der Waals surface area contributed by atoms with Gasteiger partial charge in [0.2, 0.25) is 0 Å². The van der Waals surface area contributed by atoms with Crippen LogP contribution >= 0.6 is 23.2 Å². The van der Waals surface area contributed by atoms with Crippen molar-refractivity contribution in [1.82, 2.24) is 9.97 Å². The maximum Gasteiger partial charge on any atom is 0.0945 e. The summed E-state index contributed by atoms with van der Waals surface area (Å²) in [5, 5.41) is 1.46. The summed E-state index contributed by atoms with van der Waals surface area (Å²) >= 11 is 13.2. The van der Waals surface area contributed by atoms with Crippen LogP contribution in [0.2, 0.25) is 10.0 Å². The van der Waals surface area contributed by atoms with E-state index in [0.717, 1.165) is 33.6 Å². The van der Waals surface area contributed by atoms with E-state index in [9.17, 15) is 0 Å². The van der Waals surface area contributed by atoms with Crippen molar-refractivity contribution < 1.29 is 0 Å². The summed E-state index contributed by atoms with van der Waals surface area (Å²) in [6.07, 6.45) is 2.59. The zero-order valence-corrected chi connectivity index (χ0v) is 13.6. The van der Waals surface area contributed by atoms with E-state index in [-0.39, 0.29) is 5.41 Å². The summed E-state index contributed by atoms with van der Waals surface area (Å²) in [5.74, 6) is 0.520. The minimum Gasteiger partial charge on any atom is -0.343 e. The molecule has 104 valence electrons. The monoisotopic (exact) mass is 298 g/mol.